The molecule has 17 heavy (non-hydrogen) atoms. The second kappa shape index (κ2) is 5.76. The lowest BCUT2D eigenvalue weighted by Gasteiger charge is -2.31. The molecule has 92 valence electrons. The van der Waals surface area contributed by atoms with E-state index in [1.807, 2.05) is 12.1 Å². The molecule has 1 aromatic rings. The van der Waals surface area contributed by atoms with Gasteiger partial charge in [-0.25, -0.2) is 0 Å². The summed E-state index contributed by atoms with van der Waals surface area (Å²) in [7, 11) is 0. The summed E-state index contributed by atoms with van der Waals surface area (Å²) in [5, 5.41) is 10.6. The summed E-state index contributed by atoms with van der Waals surface area (Å²) in [4.78, 5) is 0. The van der Waals surface area contributed by atoms with Crippen LogP contribution in [0.3, 0.4) is 0 Å². The molecular formula is C14H17Cl2N. The Labute approximate surface area is 113 Å². The lowest BCUT2D eigenvalue weighted by molar-refractivity contribution is 0.365. The molecule has 1 unspecified atom stereocenters. The molecular weight excluding hydrogens is 253 g/mol. The lowest BCUT2D eigenvalue weighted by atomic mass is 9.70. The molecule has 0 aliphatic heterocycles. The van der Waals surface area contributed by atoms with Crippen molar-refractivity contribution in [2.45, 2.75) is 39.0 Å². The summed E-state index contributed by atoms with van der Waals surface area (Å²) < 4.78 is 0. The topological polar surface area (TPSA) is 23.8 Å². The number of halogens is 2. The minimum absolute atomic E-state index is 0.240. The second-order valence-electron chi connectivity index (χ2n) is 4.62. The van der Waals surface area contributed by atoms with Gasteiger partial charge in [0.1, 0.15) is 0 Å². The molecule has 1 atom stereocenters. The van der Waals surface area contributed by atoms with Gasteiger partial charge >= 0.3 is 0 Å². The van der Waals surface area contributed by atoms with Crippen molar-refractivity contribution in [2.24, 2.45) is 5.92 Å². The highest BCUT2D eigenvalue weighted by Crippen LogP contribution is 2.38. The molecule has 0 saturated heterocycles. The van der Waals surface area contributed by atoms with Gasteiger partial charge in [0.25, 0.3) is 0 Å². The van der Waals surface area contributed by atoms with E-state index in [4.69, 9.17) is 23.2 Å². The van der Waals surface area contributed by atoms with E-state index in [1.54, 1.807) is 6.07 Å². The maximum absolute atomic E-state index is 9.57. The van der Waals surface area contributed by atoms with Crippen LogP contribution in [-0.2, 0) is 5.41 Å². The monoisotopic (exact) mass is 269 g/mol. The maximum Gasteiger partial charge on any atom is 0.0845 e. The lowest BCUT2D eigenvalue weighted by Crippen LogP contribution is -2.30. The standard InChI is InChI=1S/C14H17Cl2N/c1-4-7-14(9-17,10(2)3)11-5-6-12(15)13(16)8-11/h5-6,8,10H,4,7H2,1-3H3. The predicted molar refractivity (Wildman–Crippen MR) is 73.5 cm³/mol. The Morgan fingerprint density at radius 2 is 1.94 bits per heavy atom. The van der Waals surface area contributed by atoms with Gasteiger partial charge in [-0.3, -0.25) is 0 Å². The van der Waals surface area contributed by atoms with Crippen LogP contribution in [0.4, 0.5) is 0 Å². The van der Waals surface area contributed by atoms with Gasteiger partial charge in [0, 0.05) is 0 Å². The normalized spacial score (nSPS) is 14.4. The summed E-state index contributed by atoms with van der Waals surface area (Å²) in [6.07, 6.45) is 1.80. The Kier molecular flexibility index (Phi) is 4.86. The summed E-state index contributed by atoms with van der Waals surface area (Å²) >= 11 is 12.0. The quantitative estimate of drug-likeness (QED) is 0.736. The molecule has 0 aliphatic rings. The Morgan fingerprint density at radius 1 is 1.29 bits per heavy atom. The van der Waals surface area contributed by atoms with E-state index in [2.05, 4.69) is 26.8 Å². The average Bonchev–Trinajstić information content (AvgIpc) is 2.29. The number of benzene rings is 1. The highest BCUT2D eigenvalue weighted by Gasteiger charge is 2.35. The third kappa shape index (κ3) is 2.76. The van der Waals surface area contributed by atoms with Gasteiger partial charge in [0.15, 0.2) is 0 Å². The van der Waals surface area contributed by atoms with Gasteiger partial charge in [-0.1, -0.05) is 56.5 Å². The molecule has 0 heterocycles. The average molecular weight is 270 g/mol. The Balaban J connectivity index is 3.31. The summed E-state index contributed by atoms with van der Waals surface area (Å²) in [6, 6.07) is 7.98. The predicted octanol–water partition coefficient (Wildman–Crippen LogP) is 5.21. The van der Waals surface area contributed by atoms with E-state index in [0.29, 0.717) is 10.0 Å². The SMILES string of the molecule is CCCC(C#N)(c1ccc(Cl)c(Cl)c1)C(C)C. The third-order valence-corrected chi connectivity index (χ3v) is 4.00. The van der Waals surface area contributed by atoms with Crippen LogP contribution < -0.4 is 0 Å². The van der Waals surface area contributed by atoms with Crippen LogP contribution in [0.1, 0.15) is 39.2 Å². The number of hydrogen-bond acceptors (Lipinski definition) is 1. The van der Waals surface area contributed by atoms with Crippen molar-refractivity contribution in [1.82, 2.24) is 0 Å². The smallest absolute Gasteiger partial charge is 0.0845 e. The van der Waals surface area contributed by atoms with Crippen molar-refractivity contribution in [3.63, 3.8) is 0 Å². The van der Waals surface area contributed by atoms with Crippen molar-refractivity contribution in [3.05, 3.63) is 33.8 Å². The van der Waals surface area contributed by atoms with E-state index < -0.39 is 5.41 Å². The van der Waals surface area contributed by atoms with Crippen molar-refractivity contribution >= 4 is 23.2 Å². The van der Waals surface area contributed by atoms with Crippen molar-refractivity contribution in [2.75, 3.05) is 0 Å². The largest absolute Gasteiger partial charge is 0.197 e. The number of hydrogen-bond donors (Lipinski definition) is 0. The van der Waals surface area contributed by atoms with Gasteiger partial charge in [0.05, 0.1) is 21.5 Å². The van der Waals surface area contributed by atoms with E-state index in [-0.39, 0.29) is 5.92 Å². The van der Waals surface area contributed by atoms with Crippen molar-refractivity contribution in [1.29, 1.82) is 5.26 Å². The number of nitriles is 1. The third-order valence-electron chi connectivity index (χ3n) is 3.26. The van der Waals surface area contributed by atoms with Gasteiger partial charge < -0.3 is 0 Å². The molecule has 0 spiro atoms. The van der Waals surface area contributed by atoms with Crippen LogP contribution >= 0.6 is 23.2 Å². The molecule has 1 nitrogen and oxygen atoms in total. The van der Waals surface area contributed by atoms with Gasteiger partial charge in [-0.15, -0.1) is 0 Å². The van der Waals surface area contributed by atoms with Crippen LogP contribution in [0.25, 0.3) is 0 Å². The first-order valence-electron chi connectivity index (χ1n) is 5.84. The zero-order chi connectivity index (χ0) is 13.1. The molecule has 1 aromatic carbocycles. The zero-order valence-corrected chi connectivity index (χ0v) is 11.9. The van der Waals surface area contributed by atoms with E-state index in [9.17, 15) is 5.26 Å². The molecule has 1 rings (SSSR count). The fourth-order valence-electron chi connectivity index (χ4n) is 2.18. The molecule has 0 aliphatic carbocycles. The molecule has 0 radical (unpaired) electrons. The number of rotatable bonds is 4. The molecule has 0 aromatic heterocycles. The molecule has 0 fully saturated rings. The van der Waals surface area contributed by atoms with Gasteiger partial charge in [0.2, 0.25) is 0 Å². The highest BCUT2D eigenvalue weighted by atomic mass is 35.5. The summed E-state index contributed by atoms with van der Waals surface area (Å²) in [5.74, 6) is 0.240. The highest BCUT2D eigenvalue weighted by molar-refractivity contribution is 6.42. The summed E-state index contributed by atoms with van der Waals surface area (Å²) in [5.41, 5.74) is 0.495. The molecule has 0 saturated carbocycles. The van der Waals surface area contributed by atoms with Crippen LogP contribution in [-0.4, -0.2) is 0 Å². The molecule has 0 amide bonds. The second-order valence-corrected chi connectivity index (χ2v) is 5.43. The minimum atomic E-state index is -0.469. The first-order valence-corrected chi connectivity index (χ1v) is 6.60. The van der Waals surface area contributed by atoms with Crippen LogP contribution in [0.2, 0.25) is 10.0 Å². The van der Waals surface area contributed by atoms with Gasteiger partial charge in [-0.05, 0) is 30.0 Å². The minimum Gasteiger partial charge on any atom is -0.197 e. The molecule has 3 heteroatoms. The van der Waals surface area contributed by atoms with E-state index in [0.717, 1.165) is 18.4 Å². The van der Waals surface area contributed by atoms with E-state index >= 15 is 0 Å². The van der Waals surface area contributed by atoms with Crippen molar-refractivity contribution in [3.8, 4) is 6.07 Å². The van der Waals surface area contributed by atoms with E-state index in [1.165, 1.54) is 0 Å². The van der Waals surface area contributed by atoms with Crippen LogP contribution in [0.15, 0.2) is 18.2 Å². The fraction of sp³-hybridized carbons (Fsp3) is 0.500. The molecule has 0 N–H and O–H groups in total. The Bertz CT molecular complexity index is 434. The van der Waals surface area contributed by atoms with Crippen molar-refractivity contribution < 1.29 is 0 Å². The van der Waals surface area contributed by atoms with Crippen LogP contribution in [0, 0.1) is 17.2 Å². The summed E-state index contributed by atoms with van der Waals surface area (Å²) in [6.45, 7) is 6.23. The van der Waals surface area contributed by atoms with Crippen LogP contribution in [0.5, 0.6) is 0 Å². The first-order chi connectivity index (χ1) is 7.97. The zero-order valence-electron chi connectivity index (χ0n) is 10.4. The number of nitrogens with zero attached hydrogens (tertiary/aromatic N) is 1. The Morgan fingerprint density at radius 3 is 2.35 bits per heavy atom. The first kappa shape index (κ1) is 14.4. The maximum atomic E-state index is 9.57. The Hall–Kier alpha value is -0.710. The van der Waals surface area contributed by atoms with Gasteiger partial charge in [-0.2, -0.15) is 5.26 Å². The fourth-order valence-corrected chi connectivity index (χ4v) is 2.48. The molecule has 0 bridgehead atoms.